The number of rotatable bonds is 7. The Morgan fingerprint density at radius 1 is 1.10 bits per heavy atom. The first-order chi connectivity index (χ1) is 14.6. The Labute approximate surface area is 176 Å². The number of carbonyl (C=O) groups is 3. The molecule has 1 aromatic rings. The van der Waals surface area contributed by atoms with Crippen molar-refractivity contribution in [3.05, 3.63) is 29.8 Å². The fraction of sp³-hybridized carbons (Fsp3) is 0.571. The van der Waals surface area contributed by atoms with Crippen molar-refractivity contribution >= 4 is 23.5 Å². The summed E-state index contributed by atoms with van der Waals surface area (Å²) in [6, 6.07) is 6.31. The second kappa shape index (κ2) is 11.1. The maximum atomic E-state index is 12.3. The molecule has 30 heavy (non-hydrogen) atoms. The van der Waals surface area contributed by atoms with Crippen molar-refractivity contribution in [2.45, 2.75) is 19.4 Å². The lowest BCUT2D eigenvalue weighted by atomic mass is 9.97. The van der Waals surface area contributed by atoms with E-state index in [1.54, 1.807) is 31.2 Å². The molecule has 3 rings (SSSR count). The zero-order valence-electron chi connectivity index (χ0n) is 17.2. The van der Waals surface area contributed by atoms with Gasteiger partial charge in [-0.15, -0.1) is 0 Å². The number of nitrogens with one attached hydrogen (secondary N) is 2. The number of hydrogen-bond acceptors (Lipinski definition) is 7. The summed E-state index contributed by atoms with van der Waals surface area (Å²) >= 11 is 0. The van der Waals surface area contributed by atoms with Crippen LogP contribution in [0.1, 0.15) is 23.7 Å². The van der Waals surface area contributed by atoms with E-state index in [1.165, 1.54) is 0 Å². The Morgan fingerprint density at radius 2 is 1.83 bits per heavy atom. The second-order valence-electron chi connectivity index (χ2n) is 7.30. The summed E-state index contributed by atoms with van der Waals surface area (Å²) < 4.78 is 15.9. The van der Waals surface area contributed by atoms with Crippen LogP contribution in [-0.2, 0) is 23.8 Å². The molecule has 0 spiro atoms. The first-order valence-electron chi connectivity index (χ1n) is 10.3. The molecule has 0 saturated carbocycles. The minimum atomic E-state index is -0.748. The Morgan fingerprint density at radius 3 is 2.47 bits per heavy atom. The maximum Gasteiger partial charge on any atom is 0.338 e. The molecule has 0 bridgehead atoms. The summed E-state index contributed by atoms with van der Waals surface area (Å²) in [5, 5.41) is 5.31. The van der Waals surface area contributed by atoms with E-state index in [4.69, 9.17) is 14.2 Å². The van der Waals surface area contributed by atoms with Crippen LogP contribution in [0, 0.1) is 5.92 Å². The molecular weight excluding hydrogens is 390 g/mol. The van der Waals surface area contributed by atoms with E-state index >= 15 is 0 Å². The number of esters is 1. The number of nitrogens with zero attached hydrogens (tertiary/aromatic N) is 1. The molecule has 164 valence electrons. The smallest absolute Gasteiger partial charge is 0.338 e. The predicted molar refractivity (Wildman–Crippen MR) is 109 cm³/mol. The molecule has 2 fully saturated rings. The Hall–Kier alpha value is -2.49. The van der Waals surface area contributed by atoms with Gasteiger partial charge in [0.05, 0.1) is 32.0 Å². The summed E-state index contributed by atoms with van der Waals surface area (Å²) in [4.78, 5) is 38.6. The van der Waals surface area contributed by atoms with Gasteiger partial charge in [0.15, 0.2) is 0 Å². The van der Waals surface area contributed by atoms with Gasteiger partial charge in [-0.2, -0.15) is 0 Å². The summed E-state index contributed by atoms with van der Waals surface area (Å²) in [7, 11) is 0. The molecule has 2 amide bonds. The lowest BCUT2D eigenvalue weighted by Crippen LogP contribution is -2.53. The first kappa shape index (κ1) is 22.2. The topological polar surface area (TPSA) is 106 Å². The summed E-state index contributed by atoms with van der Waals surface area (Å²) in [6.07, 6.45) is 0.941. The Kier molecular flexibility index (Phi) is 8.18. The van der Waals surface area contributed by atoms with E-state index in [0.717, 1.165) is 26.1 Å². The highest BCUT2D eigenvalue weighted by Crippen LogP contribution is 2.22. The average molecular weight is 419 g/mol. The average Bonchev–Trinajstić information content (AvgIpc) is 3.30. The van der Waals surface area contributed by atoms with Crippen LogP contribution in [0.3, 0.4) is 0 Å². The number of anilines is 1. The van der Waals surface area contributed by atoms with Crippen LogP contribution in [0.2, 0.25) is 0 Å². The Bertz CT molecular complexity index is 727. The maximum absolute atomic E-state index is 12.3. The predicted octanol–water partition coefficient (Wildman–Crippen LogP) is 0.655. The monoisotopic (exact) mass is 419 g/mol. The highest BCUT2D eigenvalue weighted by atomic mass is 16.5. The molecule has 0 unspecified atom stereocenters. The van der Waals surface area contributed by atoms with E-state index < -0.39 is 17.8 Å². The normalized spacial score (nSPS) is 20.4. The van der Waals surface area contributed by atoms with Crippen molar-refractivity contribution in [3.8, 4) is 0 Å². The molecule has 2 saturated heterocycles. The number of ether oxygens (including phenoxy) is 3. The van der Waals surface area contributed by atoms with Gasteiger partial charge >= 0.3 is 17.8 Å². The van der Waals surface area contributed by atoms with E-state index in [0.29, 0.717) is 43.5 Å². The summed E-state index contributed by atoms with van der Waals surface area (Å²) in [5.74, 6) is -1.55. The van der Waals surface area contributed by atoms with Gasteiger partial charge in [0, 0.05) is 43.9 Å². The quantitative estimate of drug-likeness (QED) is 0.494. The van der Waals surface area contributed by atoms with E-state index in [9.17, 15) is 14.4 Å². The zero-order valence-corrected chi connectivity index (χ0v) is 17.2. The Balaban J connectivity index is 1.52. The van der Waals surface area contributed by atoms with Crippen LogP contribution in [0.5, 0.6) is 0 Å². The number of morpholine rings is 1. The highest BCUT2D eigenvalue weighted by molar-refractivity contribution is 6.39. The molecule has 2 aliphatic heterocycles. The van der Waals surface area contributed by atoms with Gasteiger partial charge < -0.3 is 24.8 Å². The van der Waals surface area contributed by atoms with E-state index in [-0.39, 0.29) is 12.6 Å². The van der Waals surface area contributed by atoms with Crippen LogP contribution in [0.25, 0.3) is 0 Å². The summed E-state index contributed by atoms with van der Waals surface area (Å²) in [6.45, 7) is 6.72. The third kappa shape index (κ3) is 6.01. The fourth-order valence-corrected chi connectivity index (χ4v) is 3.73. The molecule has 9 heteroatoms. The number of carbonyl (C=O) groups excluding carboxylic acids is 3. The minimum absolute atomic E-state index is 0.108. The zero-order chi connectivity index (χ0) is 21.3. The van der Waals surface area contributed by atoms with Crippen LogP contribution in [0.15, 0.2) is 24.3 Å². The van der Waals surface area contributed by atoms with Crippen molar-refractivity contribution < 1.29 is 28.6 Å². The van der Waals surface area contributed by atoms with Gasteiger partial charge in [0.2, 0.25) is 0 Å². The van der Waals surface area contributed by atoms with Crippen molar-refractivity contribution in [1.82, 2.24) is 10.2 Å². The summed E-state index contributed by atoms with van der Waals surface area (Å²) in [5.41, 5.74) is 0.809. The van der Waals surface area contributed by atoms with Gasteiger partial charge in [-0.1, -0.05) is 0 Å². The van der Waals surface area contributed by atoms with Gasteiger partial charge in [-0.05, 0) is 37.6 Å². The minimum Gasteiger partial charge on any atom is -0.462 e. The van der Waals surface area contributed by atoms with Crippen molar-refractivity contribution in [2.75, 3.05) is 58.0 Å². The van der Waals surface area contributed by atoms with Crippen LogP contribution < -0.4 is 10.6 Å². The third-order valence-corrected chi connectivity index (χ3v) is 5.36. The molecule has 2 heterocycles. The van der Waals surface area contributed by atoms with Crippen LogP contribution >= 0.6 is 0 Å². The molecule has 2 aliphatic rings. The van der Waals surface area contributed by atoms with Gasteiger partial charge in [0.1, 0.15) is 0 Å². The molecule has 2 atom stereocenters. The van der Waals surface area contributed by atoms with E-state index in [2.05, 4.69) is 15.5 Å². The molecule has 1 aromatic carbocycles. The molecular formula is C21H29N3O6. The molecule has 0 aromatic heterocycles. The molecule has 2 N–H and O–H groups in total. The lowest BCUT2D eigenvalue weighted by Gasteiger charge is -2.37. The highest BCUT2D eigenvalue weighted by Gasteiger charge is 2.32. The standard InChI is InChI=1S/C21H29N3O6/c1-2-30-21(27)15-3-5-17(6-4-15)23-20(26)19(25)22-13-18(16-7-10-29-14-16)24-8-11-28-12-9-24/h3-6,16,18H,2,7-14H2,1H3,(H,22,25)(H,23,26)/t16-,18+/m0/s1. The lowest BCUT2D eigenvalue weighted by molar-refractivity contribution is -0.136. The molecule has 0 radical (unpaired) electrons. The molecule has 0 aliphatic carbocycles. The van der Waals surface area contributed by atoms with Crippen LogP contribution in [0.4, 0.5) is 5.69 Å². The van der Waals surface area contributed by atoms with Crippen molar-refractivity contribution in [1.29, 1.82) is 0 Å². The molecule has 9 nitrogen and oxygen atoms in total. The van der Waals surface area contributed by atoms with Gasteiger partial charge in [-0.3, -0.25) is 14.5 Å². The number of benzene rings is 1. The van der Waals surface area contributed by atoms with Crippen molar-refractivity contribution in [2.24, 2.45) is 5.92 Å². The van der Waals surface area contributed by atoms with E-state index in [1.807, 2.05) is 0 Å². The second-order valence-corrected chi connectivity index (χ2v) is 7.30. The van der Waals surface area contributed by atoms with Gasteiger partial charge in [-0.25, -0.2) is 4.79 Å². The SMILES string of the molecule is CCOC(=O)c1ccc(NC(=O)C(=O)NC[C@H]([C@H]2CCOC2)N2CCOCC2)cc1. The van der Waals surface area contributed by atoms with Crippen molar-refractivity contribution in [3.63, 3.8) is 0 Å². The largest absolute Gasteiger partial charge is 0.462 e. The van der Waals surface area contributed by atoms with Crippen LogP contribution in [-0.4, -0.2) is 81.4 Å². The third-order valence-electron chi connectivity index (χ3n) is 5.36. The fourth-order valence-electron chi connectivity index (χ4n) is 3.73. The first-order valence-corrected chi connectivity index (χ1v) is 10.3. The van der Waals surface area contributed by atoms with Gasteiger partial charge in [0.25, 0.3) is 0 Å². The number of amides is 2. The number of hydrogen-bond donors (Lipinski definition) is 2.